The molecule has 0 N–H and O–H groups in total. The summed E-state index contributed by atoms with van der Waals surface area (Å²) in [5.41, 5.74) is 4.79. The Morgan fingerprint density at radius 2 is 1.83 bits per heavy atom. The van der Waals surface area contributed by atoms with Gasteiger partial charge < -0.3 is 0 Å². The van der Waals surface area contributed by atoms with Crippen molar-refractivity contribution < 1.29 is 0 Å². The van der Waals surface area contributed by atoms with Crippen molar-refractivity contribution in [1.29, 1.82) is 0 Å². The van der Waals surface area contributed by atoms with Crippen LogP contribution in [0, 0.1) is 0 Å². The molecule has 3 aliphatic rings. The maximum absolute atomic E-state index is 14.3. The molecule has 2 aromatic rings. The zero-order valence-corrected chi connectivity index (χ0v) is 18.7. The number of hydrogen-bond acceptors (Lipinski definition) is 3. The van der Waals surface area contributed by atoms with Crippen LogP contribution in [-0.4, -0.2) is 15.3 Å². The van der Waals surface area contributed by atoms with Gasteiger partial charge in [0.1, 0.15) is 0 Å². The van der Waals surface area contributed by atoms with E-state index in [0.717, 1.165) is 54.3 Å². The van der Waals surface area contributed by atoms with Crippen molar-refractivity contribution in [2.75, 3.05) is 5.75 Å². The lowest BCUT2D eigenvalue weighted by Crippen LogP contribution is -2.44. The smallest absolute Gasteiger partial charge is 0.258 e. The molecule has 3 aliphatic carbocycles. The summed E-state index contributed by atoms with van der Waals surface area (Å²) in [7, 11) is 0. The molecule has 0 amide bonds. The molecule has 0 unspecified atom stereocenters. The van der Waals surface area contributed by atoms with E-state index in [0.29, 0.717) is 6.04 Å². The summed E-state index contributed by atoms with van der Waals surface area (Å²) in [5, 5.41) is 0.896. The first kappa shape index (κ1) is 20.1. The van der Waals surface area contributed by atoms with E-state index >= 15 is 0 Å². The second kappa shape index (κ2) is 8.37. The van der Waals surface area contributed by atoms with Crippen molar-refractivity contribution in [1.82, 2.24) is 9.55 Å². The summed E-state index contributed by atoms with van der Waals surface area (Å²) in [6.45, 7) is 3.90. The van der Waals surface area contributed by atoms with E-state index in [2.05, 4.69) is 35.4 Å². The van der Waals surface area contributed by atoms with Crippen molar-refractivity contribution in [3.05, 3.63) is 58.4 Å². The van der Waals surface area contributed by atoms with Gasteiger partial charge in [0.2, 0.25) is 0 Å². The summed E-state index contributed by atoms with van der Waals surface area (Å²) in [6.07, 6.45) is 14.8. The molecule has 0 bridgehead atoms. The van der Waals surface area contributed by atoms with E-state index in [1.807, 2.05) is 6.08 Å². The monoisotopic (exact) mass is 420 g/mol. The fraction of sp³-hybridized carbons (Fsp3) is 0.538. The molecule has 3 nitrogen and oxygen atoms in total. The first-order valence-electron chi connectivity index (χ1n) is 11.7. The number of nitrogens with zero attached hydrogens (tertiary/aromatic N) is 2. The first-order chi connectivity index (χ1) is 14.7. The highest BCUT2D eigenvalue weighted by atomic mass is 32.2. The van der Waals surface area contributed by atoms with Gasteiger partial charge in [-0.15, -0.1) is 6.58 Å². The molecule has 1 spiro atoms. The van der Waals surface area contributed by atoms with E-state index in [1.165, 1.54) is 49.7 Å². The Balaban J connectivity index is 1.76. The molecule has 2 saturated carbocycles. The predicted octanol–water partition coefficient (Wildman–Crippen LogP) is 6.45. The normalized spacial score (nSPS) is 20.5. The summed E-state index contributed by atoms with van der Waals surface area (Å²) >= 11 is 1.67. The summed E-state index contributed by atoms with van der Waals surface area (Å²) < 4.78 is 2.11. The Morgan fingerprint density at radius 1 is 1.10 bits per heavy atom. The zero-order chi connectivity index (χ0) is 20.6. The molecule has 5 rings (SSSR count). The highest BCUT2D eigenvalue weighted by Gasteiger charge is 2.43. The number of hydrogen-bond donors (Lipinski definition) is 0. The van der Waals surface area contributed by atoms with Crippen LogP contribution in [0.2, 0.25) is 0 Å². The number of fused-ring (bicyclic) bond motifs is 4. The van der Waals surface area contributed by atoms with Crippen LogP contribution in [0.3, 0.4) is 0 Å². The average molecular weight is 421 g/mol. The van der Waals surface area contributed by atoms with E-state index < -0.39 is 0 Å². The largest absolute Gasteiger partial charge is 0.284 e. The van der Waals surface area contributed by atoms with Gasteiger partial charge in [-0.2, -0.15) is 0 Å². The Hall–Kier alpha value is -1.81. The average Bonchev–Trinajstić information content (AvgIpc) is 2.78. The Morgan fingerprint density at radius 3 is 2.60 bits per heavy atom. The fourth-order valence-electron chi connectivity index (χ4n) is 6.10. The van der Waals surface area contributed by atoms with Gasteiger partial charge in [-0.1, -0.05) is 80.6 Å². The molecule has 1 aromatic heterocycles. The van der Waals surface area contributed by atoms with Crippen LogP contribution < -0.4 is 5.56 Å². The second-order valence-electron chi connectivity index (χ2n) is 9.36. The third-order valence-electron chi connectivity index (χ3n) is 7.50. The molecule has 0 saturated heterocycles. The van der Waals surface area contributed by atoms with Gasteiger partial charge in [0.25, 0.3) is 5.56 Å². The van der Waals surface area contributed by atoms with E-state index in [9.17, 15) is 4.79 Å². The number of benzene rings is 1. The van der Waals surface area contributed by atoms with Crippen LogP contribution in [0.5, 0.6) is 0 Å². The molecule has 30 heavy (non-hydrogen) atoms. The van der Waals surface area contributed by atoms with Gasteiger partial charge in [-0.25, -0.2) is 4.98 Å². The highest BCUT2D eigenvalue weighted by Crippen LogP contribution is 2.49. The van der Waals surface area contributed by atoms with Crippen LogP contribution >= 0.6 is 11.8 Å². The molecule has 158 valence electrons. The molecular weight excluding hydrogens is 388 g/mol. The lowest BCUT2D eigenvalue weighted by molar-refractivity contribution is 0.273. The number of thioether (sulfide) groups is 1. The third kappa shape index (κ3) is 3.37. The van der Waals surface area contributed by atoms with Gasteiger partial charge in [0, 0.05) is 22.8 Å². The lowest BCUT2D eigenvalue weighted by Gasteiger charge is -2.42. The van der Waals surface area contributed by atoms with Crippen LogP contribution in [0.4, 0.5) is 0 Å². The van der Waals surface area contributed by atoms with Gasteiger partial charge >= 0.3 is 0 Å². The van der Waals surface area contributed by atoms with Gasteiger partial charge in [0.05, 0.1) is 11.3 Å². The summed E-state index contributed by atoms with van der Waals surface area (Å²) in [5.74, 6) is 0.782. The number of aromatic nitrogens is 2. The molecule has 4 heteroatoms. The van der Waals surface area contributed by atoms with Gasteiger partial charge in [-0.05, 0) is 37.7 Å². The Kier molecular flexibility index (Phi) is 5.61. The van der Waals surface area contributed by atoms with Crippen molar-refractivity contribution in [2.24, 2.45) is 0 Å². The van der Waals surface area contributed by atoms with Crippen LogP contribution in [0.15, 0.2) is 46.9 Å². The van der Waals surface area contributed by atoms with Gasteiger partial charge in [0.15, 0.2) is 5.16 Å². The molecule has 1 aromatic carbocycles. The minimum atomic E-state index is -0.0237. The van der Waals surface area contributed by atoms with Crippen molar-refractivity contribution in [3.8, 4) is 11.3 Å². The minimum absolute atomic E-state index is 0.0237. The number of rotatable bonds is 4. The van der Waals surface area contributed by atoms with Crippen molar-refractivity contribution in [3.63, 3.8) is 0 Å². The zero-order valence-electron chi connectivity index (χ0n) is 17.9. The fourth-order valence-corrected chi connectivity index (χ4v) is 6.89. The van der Waals surface area contributed by atoms with Crippen LogP contribution in [0.1, 0.15) is 81.4 Å². The minimum Gasteiger partial charge on any atom is -0.284 e. The van der Waals surface area contributed by atoms with Crippen LogP contribution in [0.25, 0.3) is 11.3 Å². The van der Waals surface area contributed by atoms with Crippen LogP contribution in [-0.2, 0) is 11.8 Å². The summed E-state index contributed by atoms with van der Waals surface area (Å²) in [6, 6.07) is 8.95. The topological polar surface area (TPSA) is 34.9 Å². The third-order valence-corrected chi connectivity index (χ3v) is 8.44. The summed E-state index contributed by atoms with van der Waals surface area (Å²) in [4.78, 5) is 19.5. The van der Waals surface area contributed by atoms with E-state index in [-0.39, 0.29) is 11.0 Å². The molecule has 0 aliphatic heterocycles. The highest BCUT2D eigenvalue weighted by molar-refractivity contribution is 7.99. The van der Waals surface area contributed by atoms with Crippen molar-refractivity contribution >= 4 is 11.8 Å². The lowest BCUT2D eigenvalue weighted by atomic mass is 9.62. The standard InChI is InChI=1S/C26H32N2OS/c1-2-17-30-25-27-23-21-14-8-7-11-19(21)18-26(15-9-4-10-16-26)22(23)24(29)28(25)20-12-5-3-6-13-20/h2,7-8,11,14,20H,1,3-6,9-10,12-13,15-18H2. The first-order valence-corrected chi connectivity index (χ1v) is 12.7. The maximum atomic E-state index is 14.3. The Labute approximate surface area is 184 Å². The molecule has 0 atom stereocenters. The predicted molar refractivity (Wildman–Crippen MR) is 125 cm³/mol. The van der Waals surface area contributed by atoms with E-state index in [1.54, 1.807) is 11.8 Å². The molecule has 0 radical (unpaired) electrons. The molecule has 2 fully saturated rings. The molecule has 1 heterocycles. The maximum Gasteiger partial charge on any atom is 0.258 e. The Bertz CT molecular complexity index is 997. The SMILES string of the molecule is C=CCSc1nc2c(c(=O)n1C1CCCCC1)C1(CCCCC1)Cc1ccccc1-2. The van der Waals surface area contributed by atoms with E-state index in [4.69, 9.17) is 4.98 Å². The molecular formula is C26H32N2OS. The van der Waals surface area contributed by atoms with Crippen molar-refractivity contribution in [2.45, 2.75) is 87.2 Å². The van der Waals surface area contributed by atoms with Gasteiger partial charge in [-0.3, -0.25) is 9.36 Å². The quantitative estimate of drug-likeness (QED) is 0.324. The second-order valence-corrected chi connectivity index (χ2v) is 10.3.